The molecule has 49 heavy (non-hydrogen) atoms. The monoisotopic (exact) mass is 696 g/mol. The first-order valence-corrected chi connectivity index (χ1v) is 20.3. The molecule has 0 unspecified atom stereocenters. The van der Waals surface area contributed by atoms with E-state index in [9.17, 15) is 0 Å². The maximum Gasteiger partial charge on any atom is 0.166 e. The van der Waals surface area contributed by atoms with E-state index in [4.69, 9.17) is 10.1 Å². The van der Waals surface area contributed by atoms with Crippen molar-refractivity contribution in [2.75, 3.05) is 43.4 Å². The van der Waals surface area contributed by atoms with Crippen LogP contribution in [0.15, 0.2) is 48.6 Å². The van der Waals surface area contributed by atoms with Crippen molar-refractivity contribution in [1.82, 2.24) is 19.5 Å². The molecule has 0 saturated carbocycles. The zero-order valence-corrected chi connectivity index (χ0v) is 35.8. The number of hydrogen-bond acceptors (Lipinski definition) is 5. The van der Waals surface area contributed by atoms with Crippen molar-refractivity contribution in [3.8, 4) is 11.1 Å². The van der Waals surface area contributed by atoms with Gasteiger partial charge in [0.2, 0.25) is 0 Å². The van der Waals surface area contributed by atoms with Crippen LogP contribution in [0.3, 0.4) is 0 Å². The highest BCUT2D eigenvalue weighted by atomic mass is 32.1. The summed E-state index contributed by atoms with van der Waals surface area (Å²) in [6.45, 7) is 38.6. The molecule has 0 N–H and O–H groups in total. The SMILES string of the molecule is C/C=C\C(=C/CC)c1cc(N2CCN(CCS)CC2)n2nc(C)c(-c3cccc(CC(C)(C)CC)c3)c2n1.CC.CC.CC.CC.CCC. The summed E-state index contributed by atoms with van der Waals surface area (Å²) in [7, 11) is 0. The molecular formula is C43H77N5S. The Balaban J connectivity index is 0. The molecule has 2 aromatic heterocycles. The molecule has 3 aromatic rings. The van der Waals surface area contributed by atoms with Crippen molar-refractivity contribution in [1.29, 1.82) is 0 Å². The predicted molar refractivity (Wildman–Crippen MR) is 228 cm³/mol. The molecule has 1 fully saturated rings. The molecule has 0 bridgehead atoms. The number of allylic oxidation sites excluding steroid dienone is 4. The van der Waals surface area contributed by atoms with E-state index in [0.717, 1.165) is 91.7 Å². The van der Waals surface area contributed by atoms with E-state index < -0.39 is 0 Å². The van der Waals surface area contributed by atoms with Crippen molar-refractivity contribution in [3.05, 3.63) is 65.5 Å². The Hall–Kier alpha value is -2.57. The number of nitrogens with zero attached hydrogens (tertiary/aromatic N) is 5. The average Bonchev–Trinajstić information content (AvgIpc) is 3.47. The Bertz CT molecular complexity index is 1310. The topological polar surface area (TPSA) is 36.7 Å². The van der Waals surface area contributed by atoms with Gasteiger partial charge in [-0.3, -0.25) is 4.90 Å². The van der Waals surface area contributed by atoms with Crippen LogP contribution >= 0.6 is 12.6 Å². The zero-order chi connectivity index (χ0) is 38.0. The number of thiol groups is 1. The minimum atomic E-state index is 0.273. The Morgan fingerprint density at radius 1 is 0.898 bits per heavy atom. The molecule has 6 heteroatoms. The molecule has 1 aromatic carbocycles. The van der Waals surface area contributed by atoms with Crippen LogP contribution in [-0.4, -0.2) is 58.0 Å². The third kappa shape index (κ3) is 15.5. The summed E-state index contributed by atoms with van der Waals surface area (Å²) in [5.74, 6) is 2.02. The van der Waals surface area contributed by atoms with Crippen LogP contribution in [0, 0.1) is 12.3 Å². The molecule has 5 nitrogen and oxygen atoms in total. The molecule has 3 heterocycles. The van der Waals surface area contributed by atoms with E-state index in [-0.39, 0.29) is 5.41 Å². The summed E-state index contributed by atoms with van der Waals surface area (Å²) >= 11 is 4.44. The number of aromatic nitrogens is 3. The number of benzene rings is 1. The number of fused-ring (bicyclic) bond motifs is 1. The van der Waals surface area contributed by atoms with Gasteiger partial charge in [0.1, 0.15) is 5.82 Å². The minimum Gasteiger partial charge on any atom is -0.354 e. The second kappa shape index (κ2) is 28.2. The number of rotatable bonds is 10. The van der Waals surface area contributed by atoms with Crippen molar-refractivity contribution in [2.24, 2.45) is 5.41 Å². The van der Waals surface area contributed by atoms with Gasteiger partial charge in [0.25, 0.3) is 0 Å². The van der Waals surface area contributed by atoms with Crippen LogP contribution in [0.5, 0.6) is 0 Å². The summed E-state index contributed by atoms with van der Waals surface area (Å²) in [5.41, 5.74) is 8.09. The second-order valence-corrected chi connectivity index (χ2v) is 12.4. The molecule has 0 atom stereocenters. The lowest BCUT2D eigenvalue weighted by Crippen LogP contribution is -2.47. The fourth-order valence-corrected chi connectivity index (χ4v) is 5.62. The first-order valence-electron chi connectivity index (χ1n) is 19.6. The maximum atomic E-state index is 5.26. The first-order chi connectivity index (χ1) is 23.7. The molecule has 0 spiro atoms. The van der Waals surface area contributed by atoms with Gasteiger partial charge in [0.05, 0.1) is 11.4 Å². The van der Waals surface area contributed by atoms with E-state index in [0.29, 0.717) is 0 Å². The third-order valence-electron chi connectivity index (χ3n) is 7.78. The summed E-state index contributed by atoms with van der Waals surface area (Å²) in [5, 5.41) is 5.08. The molecule has 0 radical (unpaired) electrons. The lowest BCUT2D eigenvalue weighted by molar-refractivity contribution is 0.272. The largest absolute Gasteiger partial charge is 0.354 e. The smallest absolute Gasteiger partial charge is 0.166 e. The van der Waals surface area contributed by atoms with Gasteiger partial charge in [0, 0.05) is 50.1 Å². The Morgan fingerprint density at radius 2 is 1.49 bits per heavy atom. The van der Waals surface area contributed by atoms with Gasteiger partial charge in [-0.25, -0.2) is 4.98 Å². The van der Waals surface area contributed by atoms with Gasteiger partial charge in [-0.2, -0.15) is 22.2 Å². The molecule has 1 aliphatic heterocycles. The van der Waals surface area contributed by atoms with Gasteiger partial charge in [-0.15, -0.1) is 0 Å². The van der Waals surface area contributed by atoms with Crippen LogP contribution in [0.2, 0.25) is 0 Å². The van der Waals surface area contributed by atoms with Crippen LogP contribution in [-0.2, 0) is 6.42 Å². The van der Waals surface area contributed by atoms with E-state index in [2.05, 4.69) is 131 Å². The van der Waals surface area contributed by atoms with Crippen molar-refractivity contribution in [3.63, 3.8) is 0 Å². The van der Waals surface area contributed by atoms with Crippen molar-refractivity contribution < 1.29 is 0 Å². The highest BCUT2D eigenvalue weighted by molar-refractivity contribution is 7.80. The summed E-state index contributed by atoms with van der Waals surface area (Å²) in [4.78, 5) is 10.2. The minimum absolute atomic E-state index is 0.273. The molecule has 1 aliphatic rings. The van der Waals surface area contributed by atoms with E-state index in [1.165, 1.54) is 17.5 Å². The summed E-state index contributed by atoms with van der Waals surface area (Å²) in [6, 6.07) is 11.2. The molecule has 1 saturated heterocycles. The predicted octanol–water partition coefficient (Wildman–Crippen LogP) is 12.6. The number of piperazine rings is 1. The van der Waals surface area contributed by atoms with Crippen LogP contribution in [0.1, 0.15) is 140 Å². The number of hydrogen-bond donors (Lipinski definition) is 1. The molecule has 4 rings (SSSR count). The lowest BCUT2D eigenvalue weighted by atomic mass is 9.83. The Morgan fingerprint density at radius 3 is 2.00 bits per heavy atom. The van der Waals surface area contributed by atoms with E-state index in [1.54, 1.807) is 0 Å². The average molecular weight is 696 g/mol. The summed E-state index contributed by atoms with van der Waals surface area (Å²) < 4.78 is 2.09. The summed E-state index contributed by atoms with van der Waals surface area (Å²) in [6.07, 6.45) is 11.0. The van der Waals surface area contributed by atoms with Gasteiger partial charge >= 0.3 is 0 Å². The Kier molecular flexibility index (Phi) is 27.9. The normalized spacial score (nSPS) is 13.1. The van der Waals surface area contributed by atoms with E-state index in [1.807, 2.05) is 55.4 Å². The standard InChI is InChI=1S/C32H45N5S.C3H8.4C2H6/c1-7-11-26(12-8-2)28-22-29(36-17-15-35(16-18-36)19-20-38)37-31(33-28)30(24(4)34-37)27-14-10-13-25(21-27)23-32(5,6)9-3;1-3-2;4*1-2/h7,10-14,21-22,38H,8-9,15-20,23H2,1-6H3;3H2,1-2H3;4*1-2H3/b11-7-,26-12+;;;;;. The molecular weight excluding hydrogens is 619 g/mol. The fourth-order valence-electron chi connectivity index (χ4n) is 5.33. The lowest BCUT2D eigenvalue weighted by Gasteiger charge is -2.35. The highest BCUT2D eigenvalue weighted by Crippen LogP contribution is 2.34. The van der Waals surface area contributed by atoms with Gasteiger partial charge in [0.15, 0.2) is 5.65 Å². The van der Waals surface area contributed by atoms with Crippen molar-refractivity contribution in [2.45, 2.75) is 136 Å². The third-order valence-corrected chi connectivity index (χ3v) is 7.98. The van der Waals surface area contributed by atoms with Crippen molar-refractivity contribution >= 4 is 29.7 Å². The molecule has 280 valence electrons. The van der Waals surface area contributed by atoms with Gasteiger partial charge in [-0.05, 0) is 48.8 Å². The number of aryl methyl sites for hydroxylation is 1. The number of anilines is 1. The highest BCUT2D eigenvalue weighted by Gasteiger charge is 2.24. The van der Waals surface area contributed by atoms with Crippen LogP contribution in [0.25, 0.3) is 22.3 Å². The van der Waals surface area contributed by atoms with Gasteiger partial charge in [-0.1, -0.05) is 152 Å². The van der Waals surface area contributed by atoms with Gasteiger partial charge < -0.3 is 4.90 Å². The quantitative estimate of drug-likeness (QED) is 0.169. The Labute approximate surface area is 310 Å². The fraction of sp³-hybridized carbons (Fsp3) is 0.628. The van der Waals surface area contributed by atoms with Crippen LogP contribution in [0.4, 0.5) is 5.82 Å². The second-order valence-electron chi connectivity index (χ2n) is 11.9. The van der Waals surface area contributed by atoms with Crippen LogP contribution < -0.4 is 4.90 Å². The van der Waals surface area contributed by atoms with E-state index >= 15 is 0 Å². The zero-order valence-electron chi connectivity index (χ0n) is 34.9. The molecule has 0 aliphatic carbocycles. The maximum absolute atomic E-state index is 5.26. The molecule has 0 amide bonds. The first kappa shape index (κ1) is 48.5.